The van der Waals surface area contributed by atoms with Gasteiger partial charge in [-0.2, -0.15) is 5.10 Å². The molecule has 0 heterocycles. The smallest absolute Gasteiger partial charge is 0.240 e. The van der Waals surface area contributed by atoms with Crippen molar-refractivity contribution in [1.29, 1.82) is 0 Å². The largest absolute Gasteiger partial charge is 0.490 e. The lowest BCUT2D eigenvalue weighted by Crippen LogP contribution is -2.20. The number of halogens is 1. The summed E-state index contributed by atoms with van der Waals surface area (Å²) in [5, 5.41) is 6.49. The fraction of sp³-hybridized carbons (Fsp3) is 0.250. The summed E-state index contributed by atoms with van der Waals surface area (Å²) in [6.45, 7) is 3.85. The molecular weight excluding hydrogens is 349 g/mol. The Morgan fingerprint density at radius 3 is 2.44 bits per heavy atom. The minimum Gasteiger partial charge on any atom is -0.490 e. The van der Waals surface area contributed by atoms with Crippen LogP contribution in [0.5, 0.6) is 5.75 Å². The van der Waals surface area contributed by atoms with Gasteiger partial charge in [0.2, 0.25) is 11.8 Å². The highest BCUT2D eigenvalue weighted by atomic mass is 19.1. The summed E-state index contributed by atoms with van der Waals surface area (Å²) in [6, 6.07) is 12.7. The van der Waals surface area contributed by atoms with Crippen LogP contribution >= 0.6 is 0 Å². The monoisotopic (exact) mass is 371 g/mol. The fourth-order valence-corrected chi connectivity index (χ4v) is 2.16. The van der Waals surface area contributed by atoms with Gasteiger partial charge in [-0.3, -0.25) is 9.59 Å². The molecule has 27 heavy (non-hydrogen) atoms. The molecule has 0 aromatic heterocycles. The summed E-state index contributed by atoms with van der Waals surface area (Å²) in [6.07, 6.45) is 1.49. The third-order valence-corrected chi connectivity index (χ3v) is 3.38. The number of para-hydroxylation sites is 1. The first-order valence-corrected chi connectivity index (χ1v) is 8.57. The van der Waals surface area contributed by atoms with Crippen molar-refractivity contribution >= 4 is 23.7 Å². The molecule has 0 aliphatic rings. The molecule has 0 bridgehead atoms. The third kappa shape index (κ3) is 7.27. The number of hydrazone groups is 1. The standard InChI is InChI=1S/C20H22FN3O3/c1-14(2)27-18-6-4-3-5-15(18)13-22-24-20(26)12-11-19(25)23-17-9-7-16(21)8-10-17/h3-10,13-14H,11-12H2,1-2H3,(H,23,25)(H,24,26). The number of carbonyl (C=O) groups is 2. The van der Waals surface area contributed by atoms with Gasteiger partial charge < -0.3 is 10.1 Å². The molecule has 0 fully saturated rings. The number of benzene rings is 2. The lowest BCUT2D eigenvalue weighted by atomic mass is 10.2. The van der Waals surface area contributed by atoms with Gasteiger partial charge in [0.25, 0.3) is 0 Å². The van der Waals surface area contributed by atoms with Crippen molar-refractivity contribution in [2.45, 2.75) is 32.8 Å². The third-order valence-electron chi connectivity index (χ3n) is 3.38. The van der Waals surface area contributed by atoms with Crippen LogP contribution in [0.1, 0.15) is 32.3 Å². The highest BCUT2D eigenvalue weighted by molar-refractivity contribution is 5.93. The zero-order chi connectivity index (χ0) is 19.6. The van der Waals surface area contributed by atoms with Gasteiger partial charge in [-0.1, -0.05) is 12.1 Å². The van der Waals surface area contributed by atoms with E-state index in [0.717, 1.165) is 5.56 Å². The van der Waals surface area contributed by atoms with Crippen LogP contribution in [0.15, 0.2) is 53.6 Å². The molecule has 0 unspecified atom stereocenters. The van der Waals surface area contributed by atoms with Gasteiger partial charge in [0.15, 0.2) is 0 Å². The molecular formula is C20H22FN3O3. The predicted molar refractivity (Wildman–Crippen MR) is 102 cm³/mol. The summed E-state index contributed by atoms with van der Waals surface area (Å²) in [4.78, 5) is 23.6. The molecule has 6 nitrogen and oxygen atoms in total. The molecule has 0 spiro atoms. The Balaban J connectivity index is 1.78. The normalized spacial score (nSPS) is 10.8. The lowest BCUT2D eigenvalue weighted by Gasteiger charge is -2.11. The van der Waals surface area contributed by atoms with Crippen molar-refractivity contribution in [3.63, 3.8) is 0 Å². The number of nitrogens with one attached hydrogen (secondary N) is 2. The molecule has 142 valence electrons. The Morgan fingerprint density at radius 1 is 1.07 bits per heavy atom. The molecule has 2 amide bonds. The summed E-state index contributed by atoms with van der Waals surface area (Å²) >= 11 is 0. The molecule has 0 aliphatic carbocycles. The van der Waals surface area contributed by atoms with Crippen molar-refractivity contribution in [3.05, 3.63) is 59.9 Å². The fourth-order valence-electron chi connectivity index (χ4n) is 2.16. The van der Waals surface area contributed by atoms with Crippen LogP contribution in [0, 0.1) is 5.82 Å². The van der Waals surface area contributed by atoms with Gasteiger partial charge in [0, 0.05) is 24.1 Å². The van der Waals surface area contributed by atoms with E-state index in [-0.39, 0.29) is 36.6 Å². The Morgan fingerprint density at radius 2 is 1.74 bits per heavy atom. The zero-order valence-electron chi connectivity index (χ0n) is 15.2. The number of nitrogens with zero attached hydrogens (tertiary/aromatic N) is 1. The van der Waals surface area contributed by atoms with Gasteiger partial charge in [-0.25, -0.2) is 9.82 Å². The first-order valence-electron chi connectivity index (χ1n) is 8.57. The van der Waals surface area contributed by atoms with E-state index in [4.69, 9.17) is 4.74 Å². The summed E-state index contributed by atoms with van der Waals surface area (Å²) in [7, 11) is 0. The number of ether oxygens (including phenoxy) is 1. The minimum atomic E-state index is -0.386. The van der Waals surface area contributed by atoms with Crippen molar-refractivity contribution in [2.75, 3.05) is 5.32 Å². The van der Waals surface area contributed by atoms with E-state index < -0.39 is 0 Å². The summed E-state index contributed by atoms with van der Waals surface area (Å²) in [5.41, 5.74) is 3.59. The van der Waals surface area contributed by atoms with E-state index in [2.05, 4.69) is 15.8 Å². The highest BCUT2D eigenvalue weighted by Gasteiger charge is 2.07. The van der Waals surface area contributed by atoms with Crippen molar-refractivity contribution in [1.82, 2.24) is 5.43 Å². The molecule has 0 saturated heterocycles. The van der Waals surface area contributed by atoms with Crippen LogP contribution in [-0.2, 0) is 9.59 Å². The first-order chi connectivity index (χ1) is 12.9. The maximum absolute atomic E-state index is 12.8. The van der Waals surface area contributed by atoms with Gasteiger partial charge in [0.05, 0.1) is 12.3 Å². The van der Waals surface area contributed by atoms with Gasteiger partial charge in [-0.15, -0.1) is 0 Å². The second kappa shape index (κ2) is 10.1. The second-order valence-electron chi connectivity index (χ2n) is 6.05. The maximum atomic E-state index is 12.8. The van der Waals surface area contributed by atoms with Crippen LogP contribution < -0.4 is 15.5 Å². The zero-order valence-corrected chi connectivity index (χ0v) is 15.2. The number of hydrogen-bond acceptors (Lipinski definition) is 4. The SMILES string of the molecule is CC(C)Oc1ccccc1C=NNC(=O)CCC(=O)Nc1ccc(F)cc1. The Hall–Kier alpha value is -3.22. The quantitative estimate of drug-likeness (QED) is 0.551. The Labute approximate surface area is 157 Å². The number of hydrogen-bond donors (Lipinski definition) is 2. The van der Waals surface area contributed by atoms with Crippen LogP contribution in [0.25, 0.3) is 0 Å². The Kier molecular flexibility index (Phi) is 7.49. The highest BCUT2D eigenvalue weighted by Crippen LogP contribution is 2.17. The molecule has 0 radical (unpaired) electrons. The Bertz CT molecular complexity index is 804. The topological polar surface area (TPSA) is 79.8 Å². The average Bonchev–Trinajstić information content (AvgIpc) is 2.63. The maximum Gasteiger partial charge on any atom is 0.240 e. The summed E-state index contributed by atoms with van der Waals surface area (Å²) in [5.74, 6) is -0.436. The predicted octanol–water partition coefficient (Wildman–Crippen LogP) is 3.48. The van der Waals surface area contributed by atoms with Crippen LogP contribution in [0.2, 0.25) is 0 Å². The molecule has 2 N–H and O–H groups in total. The number of rotatable bonds is 8. The molecule has 2 rings (SSSR count). The minimum absolute atomic E-state index is 0.00816. The van der Waals surface area contributed by atoms with E-state index in [1.54, 1.807) is 0 Å². The number of anilines is 1. The van der Waals surface area contributed by atoms with Crippen LogP contribution in [0.4, 0.5) is 10.1 Å². The number of carbonyl (C=O) groups excluding carboxylic acids is 2. The molecule has 7 heteroatoms. The van der Waals surface area contributed by atoms with Crippen LogP contribution in [0.3, 0.4) is 0 Å². The van der Waals surface area contributed by atoms with E-state index in [9.17, 15) is 14.0 Å². The van der Waals surface area contributed by atoms with Crippen molar-refractivity contribution in [2.24, 2.45) is 5.10 Å². The summed E-state index contributed by atoms with van der Waals surface area (Å²) < 4.78 is 18.5. The molecule has 0 aliphatic heterocycles. The second-order valence-corrected chi connectivity index (χ2v) is 6.05. The molecule has 2 aromatic rings. The molecule has 0 atom stereocenters. The molecule has 2 aromatic carbocycles. The van der Waals surface area contributed by atoms with Crippen molar-refractivity contribution in [3.8, 4) is 5.75 Å². The van der Waals surface area contributed by atoms with Crippen LogP contribution in [-0.4, -0.2) is 24.1 Å². The number of amides is 2. The van der Waals surface area contributed by atoms with E-state index in [0.29, 0.717) is 11.4 Å². The van der Waals surface area contributed by atoms with E-state index in [1.807, 2.05) is 38.1 Å². The van der Waals surface area contributed by atoms with Gasteiger partial charge in [0.1, 0.15) is 11.6 Å². The van der Waals surface area contributed by atoms with Gasteiger partial charge >= 0.3 is 0 Å². The lowest BCUT2D eigenvalue weighted by molar-refractivity contribution is -0.124. The van der Waals surface area contributed by atoms with E-state index in [1.165, 1.54) is 30.5 Å². The van der Waals surface area contributed by atoms with Crippen molar-refractivity contribution < 1.29 is 18.7 Å². The van der Waals surface area contributed by atoms with E-state index >= 15 is 0 Å². The molecule has 0 saturated carbocycles. The van der Waals surface area contributed by atoms with Gasteiger partial charge in [-0.05, 0) is 50.2 Å². The average molecular weight is 371 g/mol. The first kappa shape index (κ1) is 20.1.